The molecule has 0 spiro atoms. The van der Waals surface area contributed by atoms with Crippen LogP contribution in [0.4, 0.5) is 8.78 Å². The first-order valence-corrected chi connectivity index (χ1v) is 5.49. The van der Waals surface area contributed by atoms with E-state index in [-0.39, 0.29) is 28.0 Å². The number of hydrogen-bond acceptors (Lipinski definition) is 2. The smallest absolute Gasteiger partial charge is 0.255 e. The summed E-state index contributed by atoms with van der Waals surface area (Å²) >= 11 is 8.95. The van der Waals surface area contributed by atoms with Gasteiger partial charge in [-0.15, -0.1) is 0 Å². The third-order valence-electron chi connectivity index (χ3n) is 1.83. The van der Waals surface area contributed by atoms with Crippen molar-refractivity contribution in [2.75, 3.05) is 0 Å². The number of hydrogen-bond donors (Lipinski definition) is 0. The molecule has 1 heterocycles. The first-order chi connectivity index (χ1) is 7.11. The third kappa shape index (κ3) is 2.64. The Morgan fingerprint density at radius 2 is 2.27 bits per heavy atom. The zero-order valence-electron chi connectivity index (χ0n) is 7.48. The average molecular weight is 296 g/mol. The van der Waals surface area contributed by atoms with Crippen LogP contribution in [-0.4, -0.2) is 4.98 Å². The highest BCUT2D eigenvalue weighted by Crippen LogP contribution is 2.30. The van der Waals surface area contributed by atoms with Crippen molar-refractivity contribution in [3.05, 3.63) is 28.0 Å². The fourth-order valence-electron chi connectivity index (χ4n) is 1.11. The van der Waals surface area contributed by atoms with Crippen LogP contribution in [0.2, 0.25) is 5.02 Å². The maximum Gasteiger partial charge on any atom is 0.280 e. The summed E-state index contributed by atoms with van der Waals surface area (Å²) in [5, 5.41) is 8.88. The van der Waals surface area contributed by atoms with E-state index in [1.54, 1.807) is 0 Å². The summed E-state index contributed by atoms with van der Waals surface area (Å²) in [4.78, 5) is 3.61. The molecular weight excluding hydrogens is 289 g/mol. The number of aromatic nitrogens is 1. The number of rotatable bonds is 3. The van der Waals surface area contributed by atoms with E-state index in [0.717, 1.165) is 0 Å². The van der Waals surface area contributed by atoms with Gasteiger partial charge in [-0.1, -0.05) is 27.5 Å². The van der Waals surface area contributed by atoms with Crippen LogP contribution in [-0.2, 0) is 11.8 Å². The molecule has 80 valence electrons. The van der Waals surface area contributed by atoms with Crippen LogP contribution in [0.5, 0.6) is 0 Å². The van der Waals surface area contributed by atoms with Crippen LogP contribution in [0.25, 0.3) is 0 Å². The van der Waals surface area contributed by atoms with Gasteiger partial charge in [0.2, 0.25) is 0 Å². The predicted molar refractivity (Wildman–Crippen MR) is 56.2 cm³/mol. The number of pyridine rings is 1. The van der Waals surface area contributed by atoms with E-state index < -0.39 is 6.43 Å². The van der Waals surface area contributed by atoms with Gasteiger partial charge in [-0.05, 0) is 0 Å². The van der Waals surface area contributed by atoms with Crippen LogP contribution < -0.4 is 0 Å². The van der Waals surface area contributed by atoms with Gasteiger partial charge in [0.05, 0.1) is 17.5 Å². The van der Waals surface area contributed by atoms with Crippen LogP contribution in [0, 0.1) is 11.3 Å². The highest BCUT2D eigenvalue weighted by Gasteiger charge is 2.18. The second-order valence-electron chi connectivity index (χ2n) is 2.73. The van der Waals surface area contributed by atoms with Gasteiger partial charge in [-0.25, -0.2) is 8.78 Å². The minimum absolute atomic E-state index is 0.0648. The minimum Gasteiger partial charge on any atom is -0.255 e. The second-order valence-corrected chi connectivity index (χ2v) is 3.67. The SMILES string of the molecule is N#CCc1cnc(C(F)F)c(CBr)c1Cl. The minimum atomic E-state index is -2.66. The zero-order chi connectivity index (χ0) is 11.4. The number of nitriles is 1. The Hall–Kier alpha value is -0.730. The predicted octanol–water partition coefficient (Wildman–Crippen LogP) is 3.63. The molecule has 0 atom stereocenters. The normalized spacial score (nSPS) is 10.4. The summed E-state index contributed by atoms with van der Waals surface area (Å²) in [5.74, 6) is 0. The molecule has 6 heteroatoms. The lowest BCUT2D eigenvalue weighted by atomic mass is 10.1. The highest BCUT2D eigenvalue weighted by molar-refractivity contribution is 9.08. The van der Waals surface area contributed by atoms with Crippen LogP contribution in [0.1, 0.15) is 23.2 Å². The molecule has 0 N–H and O–H groups in total. The molecule has 1 aromatic heterocycles. The van der Waals surface area contributed by atoms with Gasteiger partial charge in [0, 0.05) is 22.7 Å². The van der Waals surface area contributed by atoms with Crippen molar-refractivity contribution in [3.8, 4) is 6.07 Å². The standard InChI is InChI=1S/C9H6BrClF2N2/c10-3-6-7(11)5(1-2-14)4-15-8(6)9(12)13/h4,9H,1,3H2. The molecule has 0 saturated heterocycles. The van der Waals surface area contributed by atoms with Gasteiger partial charge in [-0.3, -0.25) is 4.98 Å². The first-order valence-electron chi connectivity index (χ1n) is 3.99. The summed E-state index contributed by atoms with van der Waals surface area (Å²) in [6.45, 7) is 0. The Bertz CT molecular complexity index is 404. The fraction of sp³-hybridized carbons (Fsp3) is 0.333. The largest absolute Gasteiger partial charge is 0.280 e. The van der Waals surface area contributed by atoms with Crippen molar-refractivity contribution >= 4 is 27.5 Å². The van der Waals surface area contributed by atoms with Gasteiger partial charge >= 0.3 is 0 Å². The Labute approximate surface area is 99.0 Å². The van der Waals surface area contributed by atoms with E-state index in [9.17, 15) is 8.78 Å². The molecule has 0 aliphatic carbocycles. The second kappa shape index (κ2) is 5.38. The highest BCUT2D eigenvalue weighted by atomic mass is 79.9. The molecule has 0 unspecified atom stereocenters. The van der Waals surface area contributed by atoms with Crippen molar-refractivity contribution in [1.29, 1.82) is 5.26 Å². The molecule has 1 aromatic rings. The molecular formula is C9H6BrClF2N2. The molecule has 0 saturated carbocycles. The molecule has 2 nitrogen and oxygen atoms in total. The van der Waals surface area contributed by atoms with Crippen molar-refractivity contribution in [2.45, 2.75) is 18.2 Å². The molecule has 15 heavy (non-hydrogen) atoms. The topological polar surface area (TPSA) is 36.7 Å². The lowest BCUT2D eigenvalue weighted by Crippen LogP contribution is -2.00. The van der Waals surface area contributed by atoms with Crippen molar-refractivity contribution in [3.63, 3.8) is 0 Å². The Balaban J connectivity index is 3.27. The maximum atomic E-state index is 12.5. The van der Waals surface area contributed by atoms with Crippen LogP contribution in [0.3, 0.4) is 0 Å². The molecule has 0 bridgehead atoms. The average Bonchev–Trinajstić information content (AvgIpc) is 2.20. The number of nitrogens with zero attached hydrogens (tertiary/aromatic N) is 2. The number of alkyl halides is 3. The molecule has 0 aliphatic heterocycles. The van der Waals surface area contributed by atoms with Crippen LogP contribution in [0.15, 0.2) is 6.20 Å². The van der Waals surface area contributed by atoms with Crippen LogP contribution >= 0.6 is 27.5 Å². The first kappa shape index (κ1) is 12.3. The van der Waals surface area contributed by atoms with Crippen molar-refractivity contribution in [1.82, 2.24) is 4.98 Å². The molecule has 0 aromatic carbocycles. The third-order valence-corrected chi connectivity index (χ3v) is 2.86. The van der Waals surface area contributed by atoms with Crippen molar-refractivity contribution < 1.29 is 8.78 Å². The zero-order valence-corrected chi connectivity index (χ0v) is 9.82. The van der Waals surface area contributed by atoms with E-state index in [1.165, 1.54) is 6.20 Å². The van der Waals surface area contributed by atoms with Crippen molar-refractivity contribution in [2.24, 2.45) is 0 Å². The van der Waals surface area contributed by atoms with E-state index >= 15 is 0 Å². The lowest BCUT2D eigenvalue weighted by molar-refractivity contribution is 0.145. The molecule has 0 amide bonds. The summed E-state index contributed by atoms with van der Waals surface area (Å²) in [7, 11) is 0. The van der Waals surface area contributed by atoms with E-state index in [2.05, 4.69) is 20.9 Å². The Kier molecular flexibility index (Phi) is 4.43. The van der Waals surface area contributed by atoms with Gasteiger partial charge in [0.1, 0.15) is 5.69 Å². The van der Waals surface area contributed by atoms with E-state index in [4.69, 9.17) is 16.9 Å². The van der Waals surface area contributed by atoms with E-state index in [0.29, 0.717) is 5.56 Å². The fourth-order valence-corrected chi connectivity index (χ4v) is 2.12. The summed E-state index contributed by atoms with van der Waals surface area (Å²) in [5.41, 5.74) is 0.385. The van der Waals surface area contributed by atoms with Gasteiger partial charge in [0.25, 0.3) is 6.43 Å². The Morgan fingerprint density at radius 3 is 2.73 bits per heavy atom. The maximum absolute atomic E-state index is 12.5. The molecule has 0 radical (unpaired) electrons. The quantitative estimate of drug-likeness (QED) is 0.798. The lowest BCUT2D eigenvalue weighted by Gasteiger charge is -2.09. The van der Waals surface area contributed by atoms with Gasteiger partial charge in [-0.2, -0.15) is 5.26 Å². The molecule has 0 fully saturated rings. The van der Waals surface area contributed by atoms with Gasteiger partial charge in [0.15, 0.2) is 0 Å². The summed E-state index contributed by atoms with van der Waals surface area (Å²) in [6.07, 6.45) is -1.37. The monoisotopic (exact) mass is 294 g/mol. The van der Waals surface area contributed by atoms with Gasteiger partial charge < -0.3 is 0 Å². The molecule has 0 aliphatic rings. The number of halogens is 4. The summed E-state index contributed by atoms with van der Waals surface area (Å²) < 4.78 is 25.0. The molecule has 1 rings (SSSR count). The Morgan fingerprint density at radius 1 is 1.60 bits per heavy atom. The summed E-state index contributed by atoms with van der Waals surface area (Å²) in [6, 6.07) is 1.90. The van der Waals surface area contributed by atoms with E-state index in [1.807, 2.05) is 6.07 Å².